The van der Waals surface area contributed by atoms with Crippen molar-refractivity contribution in [3.63, 3.8) is 0 Å². The molecule has 0 bridgehead atoms. The van der Waals surface area contributed by atoms with E-state index in [1.54, 1.807) is 24.3 Å². The molecule has 0 aliphatic rings. The van der Waals surface area contributed by atoms with E-state index in [4.69, 9.17) is 48.8 Å². The third-order valence-electron chi connectivity index (χ3n) is 19.1. The van der Waals surface area contributed by atoms with Crippen LogP contribution in [0, 0.1) is 0 Å². The van der Waals surface area contributed by atoms with E-state index < -0.39 is 52.9 Å². The molecule has 0 fully saturated rings. The molecule has 2 unspecified atom stereocenters. The Bertz CT molecular complexity index is 6120. The van der Waals surface area contributed by atoms with Gasteiger partial charge in [0, 0.05) is 85.1 Å². The number of hydrogen-bond donors (Lipinski definition) is 15. The second-order valence-corrected chi connectivity index (χ2v) is 27.5. The molecular formula is C83H90N24O11. The number of nitrogens with zero attached hydrogens (tertiary/aromatic N) is 12. The van der Waals surface area contributed by atoms with E-state index in [0.29, 0.717) is 53.0 Å². The molecule has 0 saturated heterocycles. The zero-order valence-electron chi connectivity index (χ0n) is 63.8. The molecule has 20 N–H and O–H groups in total. The summed E-state index contributed by atoms with van der Waals surface area (Å²) in [6.45, 7) is 6.96. The number of nitrogens with two attached hydrogens (primary N) is 5. The van der Waals surface area contributed by atoms with Crippen molar-refractivity contribution in [2.45, 2.75) is 137 Å². The summed E-state index contributed by atoms with van der Waals surface area (Å²) in [4.78, 5) is 144. The molecule has 35 heteroatoms. The minimum Gasteiger partial charge on any atom is -0.481 e. The number of aromatic nitrogens is 14. The van der Waals surface area contributed by atoms with Crippen LogP contribution >= 0.6 is 0 Å². The van der Waals surface area contributed by atoms with Crippen molar-refractivity contribution in [1.82, 2.24) is 84.9 Å². The number of nitrogen functional groups attached to an aromatic ring is 4. The number of aromatic amines is 2. The molecule has 2 atom stereocenters. The molecule has 0 aliphatic carbocycles. The summed E-state index contributed by atoms with van der Waals surface area (Å²) < 4.78 is 4.53. The highest BCUT2D eigenvalue weighted by molar-refractivity contribution is 6.08. The first-order valence-corrected chi connectivity index (χ1v) is 37.7. The van der Waals surface area contributed by atoms with Gasteiger partial charge >= 0.3 is 17.9 Å². The summed E-state index contributed by atoms with van der Waals surface area (Å²) >= 11 is 0. The molecule has 6 aromatic carbocycles. The number of amides is 3. The molecule has 608 valence electrons. The number of hydrogen-bond acceptors (Lipinski definition) is 25. The summed E-state index contributed by atoms with van der Waals surface area (Å²) in [7, 11) is 0. The fourth-order valence-electron chi connectivity index (χ4n) is 12.9. The Morgan fingerprint density at radius 1 is 0.475 bits per heavy atom. The van der Waals surface area contributed by atoms with Crippen LogP contribution in [-0.2, 0) is 71.3 Å². The minimum absolute atomic E-state index is 0. The van der Waals surface area contributed by atoms with Gasteiger partial charge in [0.15, 0.2) is 34.0 Å². The summed E-state index contributed by atoms with van der Waals surface area (Å²) in [5.74, 6) is -2.47. The Labute approximate surface area is 673 Å². The lowest BCUT2D eigenvalue weighted by molar-refractivity contribution is -0.141. The summed E-state index contributed by atoms with van der Waals surface area (Å²) in [5.41, 5.74) is 41.0. The number of pyridine rings is 2. The Morgan fingerprint density at radius 2 is 0.881 bits per heavy atom. The minimum atomic E-state index is -1.31. The van der Waals surface area contributed by atoms with Crippen molar-refractivity contribution in [1.29, 1.82) is 0 Å². The van der Waals surface area contributed by atoms with E-state index in [1.165, 1.54) is 42.2 Å². The van der Waals surface area contributed by atoms with Crippen LogP contribution < -0.4 is 66.4 Å². The highest BCUT2D eigenvalue weighted by atomic mass is 16.4. The van der Waals surface area contributed by atoms with Gasteiger partial charge in [-0.2, -0.15) is 9.97 Å². The van der Waals surface area contributed by atoms with Gasteiger partial charge in [0.2, 0.25) is 17.8 Å². The summed E-state index contributed by atoms with van der Waals surface area (Å²) in [5, 5.41) is 43.6. The van der Waals surface area contributed by atoms with E-state index >= 15 is 0 Å². The molecule has 8 heterocycles. The number of fused-ring (bicyclic) bond motifs is 8. The average Bonchev–Trinajstić information content (AvgIpc) is 1.34. The average molecular weight is 1600 g/mol. The standard InChI is InChI=1S/C41H42N12O5.C22H25N5.C19H19N7O6.CH4/c1-2-3-8-31-50-33-35(28-6-4-5-7-29(28)48-36(33)42)53(31)22-24-11-9-23(10-12-24)19-45-32(54)18-17-30(40(57)58)49-38(55)25-13-15-26(16-14-25)44-20-27-21-46-37-34(47-27)39(56)52-41(43)51-37;1-2-3-8-19-26-20-21(17-6-4-5-7-18(17)25-22(20)24)27(19)14-16-11-9-15(13-23)10-12-16;20-19-25-15-14(17(30)26-19)23-11(8-22-15)7-21-10-3-1-9(2-4-10)16(29)24-12(18(31)32)5-6-13(27)28;/h4-7,9-16,21,30,44H,2-3,8,17-20,22H2,1H3,(H2,42,48)(H,45,54)(H,49,55)(H,57,58)(H3,43,46,51,52,56);4-7,9-12H,2-3,8,13-14,23H2,1H3,(H2,24,25);1-4,8,12,21H,5-7H2,(H,24,29)(H,27,28)(H,31,32)(H3,20,22,25,26,30);1H4. The molecule has 0 radical (unpaired) electrons. The zero-order valence-corrected chi connectivity index (χ0v) is 63.8. The van der Waals surface area contributed by atoms with E-state index in [1.807, 2.05) is 66.7 Å². The first kappa shape index (κ1) is 84.0. The van der Waals surface area contributed by atoms with Gasteiger partial charge in [-0.25, -0.2) is 49.5 Å². The number of H-pyrrole nitrogens is 2. The van der Waals surface area contributed by atoms with Crippen LogP contribution in [0.25, 0.3) is 66.2 Å². The van der Waals surface area contributed by atoms with E-state index in [0.717, 1.165) is 112 Å². The molecule has 118 heavy (non-hydrogen) atoms. The van der Waals surface area contributed by atoms with Gasteiger partial charge < -0.3 is 79.7 Å². The Kier molecular flexibility index (Phi) is 27.6. The van der Waals surface area contributed by atoms with Crippen LogP contribution in [0.3, 0.4) is 0 Å². The maximum atomic E-state index is 12.9. The number of aryl methyl sites for hydroxylation is 2. The number of carboxylic acid groups (broad SMARTS) is 3. The fourth-order valence-corrected chi connectivity index (χ4v) is 12.9. The van der Waals surface area contributed by atoms with Crippen LogP contribution in [0.1, 0.15) is 139 Å². The number of nitrogens with one attached hydrogen (secondary N) is 7. The van der Waals surface area contributed by atoms with E-state index in [-0.39, 0.29) is 104 Å². The quantitative estimate of drug-likeness (QED) is 0.0193. The number of carbonyl (C=O) groups excluding carboxylic acids is 3. The molecule has 14 rings (SSSR count). The van der Waals surface area contributed by atoms with E-state index in [9.17, 15) is 43.5 Å². The lowest BCUT2D eigenvalue weighted by Crippen LogP contribution is -2.41. The Balaban J connectivity index is 0.000000191. The van der Waals surface area contributed by atoms with Gasteiger partial charge in [0.25, 0.3) is 22.9 Å². The number of aliphatic carboxylic acids is 3. The van der Waals surface area contributed by atoms with Gasteiger partial charge in [-0.05, 0) is 109 Å². The normalized spacial score (nSPS) is 11.6. The van der Waals surface area contributed by atoms with Gasteiger partial charge in [0.1, 0.15) is 34.8 Å². The number of para-hydroxylation sites is 2. The summed E-state index contributed by atoms with van der Waals surface area (Å²) in [6.07, 6.45) is 8.10. The maximum Gasteiger partial charge on any atom is 0.326 e. The van der Waals surface area contributed by atoms with Crippen LogP contribution in [0.2, 0.25) is 0 Å². The van der Waals surface area contributed by atoms with Crippen molar-refractivity contribution in [3.8, 4) is 0 Å². The maximum absolute atomic E-state index is 12.9. The number of benzene rings is 6. The Hall–Kier alpha value is -14.9. The highest BCUT2D eigenvalue weighted by Crippen LogP contribution is 2.33. The molecule has 35 nitrogen and oxygen atoms in total. The van der Waals surface area contributed by atoms with Crippen LogP contribution in [-0.4, -0.2) is 132 Å². The molecule has 0 spiro atoms. The first-order valence-electron chi connectivity index (χ1n) is 37.7. The van der Waals surface area contributed by atoms with E-state index in [2.05, 4.69) is 130 Å². The number of carbonyl (C=O) groups is 6. The molecule has 0 aliphatic heterocycles. The van der Waals surface area contributed by atoms with Crippen LogP contribution in [0.5, 0.6) is 0 Å². The molecule has 0 saturated carbocycles. The van der Waals surface area contributed by atoms with Gasteiger partial charge in [-0.1, -0.05) is 119 Å². The van der Waals surface area contributed by atoms with Gasteiger partial charge in [0.05, 0.1) is 58.9 Å². The lowest BCUT2D eigenvalue weighted by atomic mass is 10.1. The second kappa shape index (κ2) is 38.8. The van der Waals surface area contributed by atoms with Crippen LogP contribution in [0.15, 0.2) is 168 Å². The summed E-state index contributed by atoms with van der Waals surface area (Å²) in [6, 6.07) is 42.4. The Morgan fingerprint density at radius 3 is 1.29 bits per heavy atom. The van der Waals surface area contributed by atoms with Crippen molar-refractivity contribution < 1.29 is 44.1 Å². The lowest BCUT2D eigenvalue weighted by Gasteiger charge is -2.15. The fraction of sp³-hybridized carbons (Fsp3) is 0.253. The largest absolute Gasteiger partial charge is 0.481 e. The third-order valence-corrected chi connectivity index (χ3v) is 19.1. The number of unbranched alkanes of at least 4 members (excludes halogenated alkanes) is 2. The van der Waals surface area contributed by atoms with Crippen molar-refractivity contribution >= 4 is 137 Å². The number of rotatable bonds is 31. The highest BCUT2D eigenvalue weighted by Gasteiger charge is 2.25. The van der Waals surface area contributed by atoms with Crippen LogP contribution in [0.4, 0.5) is 34.9 Å². The third kappa shape index (κ3) is 20.9. The molecular weight excluding hydrogens is 1510 g/mol. The van der Waals surface area contributed by atoms with Gasteiger partial charge in [-0.3, -0.25) is 38.7 Å². The monoisotopic (exact) mass is 1600 g/mol. The van der Waals surface area contributed by atoms with Crippen molar-refractivity contribution in [2.24, 2.45) is 5.73 Å². The predicted octanol–water partition coefficient (Wildman–Crippen LogP) is 8.67. The zero-order chi connectivity index (χ0) is 82.8. The number of imidazole rings is 2. The number of carboxylic acids is 3. The second-order valence-electron chi connectivity index (χ2n) is 27.5. The molecule has 3 amide bonds. The topological polar surface area (TPSA) is 558 Å². The van der Waals surface area contributed by atoms with Crippen molar-refractivity contribution in [3.05, 3.63) is 235 Å². The predicted molar refractivity (Wildman–Crippen MR) is 450 cm³/mol. The smallest absolute Gasteiger partial charge is 0.326 e. The van der Waals surface area contributed by atoms with Crippen molar-refractivity contribution in [2.75, 3.05) is 33.6 Å². The molecule has 8 aromatic heterocycles. The van der Waals surface area contributed by atoms with Gasteiger partial charge in [-0.15, -0.1) is 0 Å². The number of anilines is 6. The molecule has 14 aromatic rings. The SMILES string of the molecule is C.CCCCc1nc2c(N)nc3ccccc3c2n1Cc1ccc(CN)cc1.CCCCc1nc2c(N)nc3ccccc3c2n1Cc1ccc(CNC(=O)CCC(NC(=O)c2ccc(NCc3cnc4nc(N)[nH]c(=O)c4n3)cc2)C(=O)O)cc1.Nc1nc2ncc(CNc3ccc(C(=O)NC(CCC(=O)O)C(=O)O)cc3)nc2c(=O)[nH]1. The first-order chi connectivity index (χ1) is 56.5.